The van der Waals surface area contributed by atoms with Crippen LogP contribution in [0.25, 0.3) is 0 Å². The molecule has 0 radical (unpaired) electrons. The van der Waals surface area contributed by atoms with E-state index in [2.05, 4.69) is 5.32 Å². The van der Waals surface area contributed by atoms with Gasteiger partial charge < -0.3 is 15.0 Å². The van der Waals surface area contributed by atoms with E-state index in [1.54, 1.807) is 6.92 Å². The molecule has 2 aliphatic rings. The average molecular weight is 339 g/mol. The normalized spacial score (nSPS) is 25.0. The SMILES string of the molecule is CC(=O)N1CCC([C@@H]2CNC[C@H]2COc2ccccc2)CC1.Cl. The highest BCUT2D eigenvalue weighted by Crippen LogP contribution is 2.33. The van der Waals surface area contributed by atoms with E-state index < -0.39 is 0 Å². The molecule has 23 heavy (non-hydrogen) atoms. The van der Waals surface area contributed by atoms with Crippen LogP contribution < -0.4 is 10.1 Å². The quantitative estimate of drug-likeness (QED) is 0.917. The molecule has 2 atom stereocenters. The second-order valence-electron chi connectivity index (χ2n) is 6.55. The average Bonchev–Trinajstić information content (AvgIpc) is 3.02. The number of carbonyl (C=O) groups is 1. The summed E-state index contributed by atoms with van der Waals surface area (Å²) in [5.41, 5.74) is 0. The van der Waals surface area contributed by atoms with E-state index in [-0.39, 0.29) is 18.3 Å². The Morgan fingerprint density at radius 3 is 2.57 bits per heavy atom. The number of ether oxygens (including phenoxy) is 1. The van der Waals surface area contributed by atoms with Gasteiger partial charge in [0.05, 0.1) is 6.61 Å². The van der Waals surface area contributed by atoms with Crippen LogP contribution in [-0.4, -0.2) is 43.6 Å². The Morgan fingerprint density at radius 2 is 1.91 bits per heavy atom. The Bertz CT molecular complexity index is 489. The molecule has 2 fully saturated rings. The number of piperidine rings is 1. The first-order valence-electron chi connectivity index (χ1n) is 8.38. The second-order valence-corrected chi connectivity index (χ2v) is 6.55. The van der Waals surface area contributed by atoms with Crippen LogP contribution in [0, 0.1) is 17.8 Å². The molecule has 0 bridgehead atoms. The summed E-state index contributed by atoms with van der Waals surface area (Å²) in [7, 11) is 0. The maximum absolute atomic E-state index is 11.4. The number of benzene rings is 1. The number of likely N-dealkylation sites (tertiary alicyclic amines) is 1. The molecule has 1 N–H and O–H groups in total. The highest BCUT2D eigenvalue weighted by molar-refractivity contribution is 5.85. The van der Waals surface area contributed by atoms with Crippen LogP contribution in [0.15, 0.2) is 30.3 Å². The predicted molar refractivity (Wildman–Crippen MR) is 94.0 cm³/mol. The molecule has 3 rings (SSSR count). The number of nitrogens with one attached hydrogen (secondary N) is 1. The van der Waals surface area contributed by atoms with E-state index in [1.807, 2.05) is 35.2 Å². The van der Waals surface area contributed by atoms with Crippen molar-refractivity contribution in [3.8, 4) is 5.75 Å². The Balaban J connectivity index is 0.00000192. The van der Waals surface area contributed by atoms with Crippen molar-refractivity contribution in [1.29, 1.82) is 0 Å². The number of hydrogen-bond acceptors (Lipinski definition) is 3. The maximum atomic E-state index is 11.4. The van der Waals surface area contributed by atoms with Crippen molar-refractivity contribution in [3.63, 3.8) is 0 Å². The number of carbonyl (C=O) groups excluding carboxylic acids is 1. The Morgan fingerprint density at radius 1 is 1.22 bits per heavy atom. The first kappa shape index (κ1) is 18.1. The predicted octanol–water partition coefficient (Wildman–Crippen LogP) is 2.58. The van der Waals surface area contributed by atoms with Gasteiger partial charge in [0, 0.05) is 32.5 Å². The minimum absolute atomic E-state index is 0. The third kappa shape index (κ3) is 4.61. The fraction of sp³-hybridized carbons (Fsp3) is 0.611. The van der Waals surface area contributed by atoms with Gasteiger partial charge in [0.2, 0.25) is 5.91 Å². The molecule has 0 unspecified atom stereocenters. The Hall–Kier alpha value is -1.26. The number of hydrogen-bond donors (Lipinski definition) is 1. The van der Waals surface area contributed by atoms with Gasteiger partial charge in [-0.2, -0.15) is 0 Å². The van der Waals surface area contributed by atoms with Gasteiger partial charge in [-0.3, -0.25) is 4.79 Å². The van der Waals surface area contributed by atoms with Crippen LogP contribution in [-0.2, 0) is 4.79 Å². The van der Waals surface area contributed by atoms with E-state index in [0.29, 0.717) is 11.8 Å². The van der Waals surface area contributed by atoms with Gasteiger partial charge in [0.15, 0.2) is 0 Å². The summed E-state index contributed by atoms with van der Waals surface area (Å²) in [6.07, 6.45) is 2.27. The van der Waals surface area contributed by atoms with Crippen LogP contribution in [0.2, 0.25) is 0 Å². The molecule has 0 saturated carbocycles. The van der Waals surface area contributed by atoms with Crippen molar-refractivity contribution >= 4 is 18.3 Å². The van der Waals surface area contributed by atoms with E-state index >= 15 is 0 Å². The smallest absolute Gasteiger partial charge is 0.219 e. The van der Waals surface area contributed by atoms with Gasteiger partial charge in [-0.05, 0) is 43.4 Å². The zero-order valence-corrected chi connectivity index (χ0v) is 14.6. The lowest BCUT2D eigenvalue weighted by atomic mass is 9.79. The topological polar surface area (TPSA) is 41.6 Å². The van der Waals surface area contributed by atoms with Gasteiger partial charge in [-0.1, -0.05) is 18.2 Å². The molecule has 5 heteroatoms. The molecule has 128 valence electrons. The molecule has 0 aromatic heterocycles. The fourth-order valence-corrected chi connectivity index (χ4v) is 3.85. The van der Waals surface area contributed by atoms with Crippen molar-refractivity contribution in [2.45, 2.75) is 19.8 Å². The Labute approximate surface area is 145 Å². The summed E-state index contributed by atoms with van der Waals surface area (Å²) >= 11 is 0. The van der Waals surface area contributed by atoms with Crippen LogP contribution in [0.4, 0.5) is 0 Å². The van der Waals surface area contributed by atoms with E-state index in [1.165, 1.54) is 0 Å². The molecular formula is C18H27ClN2O2. The lowest BCUT2D eigenvalue weighted by Crippen LogP contribution is -2.40. The number of para-hydroxylation sites is 1. The summed E-state index contributed by atoms with van der Waals surface area (Å²) in [5.74, 6) is 3.15. The molecule has 0 spiro atoms. The fourth-order valence-electron chi connectivity index (χ4n) is 3.85. The maximum Gasteiger partial charge on any atom is 0.219 e. The third-order valence-electron chi connectivity index (χ3n) is 5.19. The summed E-state index contributed by atoms with van der Waals surface area (Å²) in [6, 6.07) is 10.1. The van der Waals surface area contributed by atoms with Crippen LogP contribution in [0.1, 0.15) is 19.8 Å². The molecule has 2 saturated heterocycles. The molecule has 4 nitrogen and oxygen atoms in total. The van der Waals surface area contributed by atoms with Crippen LogP contribution in [0.5, 0.6) is 5.75 Å². The van der Waals surface area contributed by atoms with Gasteiger partial charge >= 0.3 is 0 Å². The van der Waals surface area contributed by atoms with Gasteiger partial charge in [0.1, 0.15) is 5.75 Å². The lowest BCUT2D eigenvalue weighted by molar-refractivity contribution is -0.130. The third-order valence-corrected chi connectivity index (χ3v) is 5.19. The summed E-state index contributed by atoms with van der Waals surface area (Å²) in [4.78, 5) is 13.4. The zero-order chi connectivity index (χ0) is 15.4. The van der Waals surface area contributed by atoms with Gasteiger partial charge in [-0.25, -0.2) is 0 Å². The van der Waals surface area contributed by atoms with Crippen LogP contribution >= 0.6 is 12.4 Å². The lowest BCUT2D eigenvalue weighted by Gasteiger charge is -2.36. The highest BCUT2D eigenvalue weighted by Gasteiger charge is 2.36. The Kier molecular flexibility index (Phi) is 6.72. The molecule has 1 aromatic rings. The summed E-state index contributed by atoms with van der Waals surface area (Å²) in [6.45, 7) is 6.44. The molecule has 1 amide bonds. The number of amides is 1. The highest BCUT2D eigenvalue weighted by atomic mass is 35.5. The summed E-state index contributed by atoms with van der Waals surface area (Å²) < 4.78 is 5.97. The molecule has 2 aliphatic heterocycles. The van der Waals surface area contributed by atoms with Crippen LogP contribution in [0.3, 0.4) is 0 Å². The number of rotatable bonds is 4. The minimum atomic E-state index is 0. The van der Waals surface area contributed by atoms with Crippen molar-refractivity contribution in [2.75, 3.05) is 32.8 Å². The van der Waals surface area contributed by atoms with Crippen molar-refractivity contribution < 1.29 is 9.53 Å². The van der Waals surface area contributed by atoms with E-state index in [0.717, 1.165) is 57.3 Å². The van der Waals surface area contributed by atoms with Gasteiger partial charge in [0.25, 0.3) is 0 Å². The molecule has 2 heterocycles. The standard InChI is InChI=1S/C18H26N2O2.ClH/c1-14(21)20-9-7-15(8-10-20)18-12-19-11-16(18)13-22-17-5-3-2-4-6-17;/h2-6,15-16,18-19H,7-13H2,1H3;1H/t16-,18-;/m0./s1. The van der Waals surface area contributed by atoms with E-state index in [9.17, 15) is 4.79 Å². The molecular weight excluding hydrogens is 312 g/mol. The summed E-state index contributed by atoms with van der Waals surface area (Å²) in [5, 5.41) is 3.53. The van der Waals surface area contributed by atoms with Crippen molar-refractivity contribution in [1.82, 2.24) is 10.2 Å². The second kappa shape index (κ2) is 8.55. The molecule has 1 aromatic carbocycles. The van der Waals surface area contributed by atoms with E-state index in [4.69, 9.17) is 4.74 Å². The first-order chi connectivity index (χ1) is 10.7. The monoisotopic (exact) mass is 338 g/mol. The van der Waals surface area contributed by atoms with Crippen molar-refractivity contribution in [3.05, 3.63) is 30.3 Å². The van der Waals surface area contributed by atoms with Gasteiger partial charge in [-0.15, -0.1) is 12.4 Å². The minimum Gasteiger partial charge on any atom is -0.493 e. The number of nitrogens with zero attached hydrogens (tertiary/aromatic N) is 1. The first-order valence-corrected chi connectivity index (χ1v) is 8.38. The zero-order valence-electron chi connectivity index (χ0n) is 13.7. The molecule has 0 aliphatic carbocycles. The number of halogens is 1. The largest absolute Gasteiger partial charge is 0.493 e. The van der Waals surface area contributed by atoms with Crippen molar-refractivity contribution in [2.24, 2.45) is 17.8 Å².